The fourth-order valence-corrected chi connectivity index (χ4v) is 11.7. The van der Waals surface area contributed by atoms with Gasteiger partial charge in [0.1, 0.15) is 0 Å². The Bertz CT molecular complexity index is 760. The van der Waals surface area contributed by atoms with E-state index in [2.05, 4.69) is 62.0 Å². The number of rotatable bonds is 1. The molecule has 0 saturated heterocycles. The third-order valence-corrected chi connectivity index (χ3v) is 14.0. The fraction of sp³-hybridized carbons (Fsp3) is 0.935. The minimum Gasteiger partial charge on any atom is -0.0998 e. The summed E-state index contributed by atoms with van der Waals surface area (Å²) in [6.07, 6.45) is 14.7. The third kappa shape index (κ3) is 2.66. The topological polar surface area (TPSA) is 0 Å². The van der Waals surface area contributed by atoms with Crippen molar-refractivity contribution in [1.82, 2.24) is 0 Å². The Morgan fingerprint density at radius 3 is 2.10 bits per heavy atom. The van der Waals surface area contributed by atoms with Crippen molar-refractivity contribution in [1.29, 1.82) is 0 Å². The first-order valence-electron chi connectivity index (χ1n) is 14.0. The second-order valence-electron chi connectivity index (χ2n) is 15.1. The van der Waals surface area contributed by atoms with Crippen molar-refractivity contribution in [2.24, 2.45) is 62.6 Å². The summed E-state index contributed by atoms with van der Waals surface area (Å²) < 4.78 is 0. The van der Waals surface area contributed by atoms with Crippen LogP contribution in [-0.2, 0) is 0 Å². The molecule has 0 amide bonds. The molecule has 0 aliphatic heterocycles. The lowest BCUT2D eigenvalue weighted by Gasteiger charge is -2.73. The Labute approximate surface area is 194 Å². The molecule has 31 heavy (non-hydrogen) atoms. The van der Waals surface area contributed by atoms with Crippen LogP contribution in [0.3, 0.4) is 0 Å². The second-order valence-corrected chi connectivity index (χ2v) is 15.1. The van der Waals surface area contributed by atoms with Gasteiger partial charge in [0, 0.05) is 0 Å². The maximum Gasteiger partial charge on any atom is -0.0172 e. The molecular weight excluding hydrogens is 372 g/mol. The molecule has 5 rings (SSSR count). The van der Waals surface area contributed by atoms with Gasteiger partial charge in [-0.3, -0.25) is 0 Å². The van der Waals surface area contributed by atoms with Gasteiger partial charge < -0.3 is 0 Å². The van der Waals surface area contributed by atoms with E-state index < -0.39 is 0 Å². The maximum atomic E-state index is 4.51. The van der Waals surface area contributed by atoms with Crippen LogP contribution in [0, 0.1) is 62.6 Å². The minimum absolute atomic E-state index is 0.508. The van der Waals surface area contributed by atoms with Crippen LogP contribution >= 0.6 is 0 Å². The standard InChI is InChI=1S/C31H52/c1-20(2)22-13-15-28(6)18-19-30(8)23(26(22)28)10-11-25-29(7)16-12-21(3)27(4,5)24(29)14-17-31(25,30)9/h21-26H,1,10-19H2,2-9H3/t21-,22-,23?,24?,25?,26?,28+,29-,30+,31+/m0/s1. The highest BCUT2D eigenvalue weighted by Gasteiger charge is 2.69. The van der Waals surface area contributed by atoms with E-state index in [9.17, 15) is 0 Å². The summed E-state index contributed by atoms with van der Waals surface area (Å²) in [5.74, 6) is 5.34. The Balaban J connectivity index is 1.54. The summed E-state index contributed by atoms with van der Waals surface area (Å²) in [5.41, 5.74) is 4.19. The zero-order chi connectivity index (χ0) is 22.6. The van der Waals surface area contributed by atoms with E-state index in [4.69, 9.17) is 0 Å². The number of hydrogen-bond donors (Lipinski definition) is 0. The third-order valence-electron chi connectivity index (χ3n) is 14.0. The Hall–Kier alpha value is -0.260. The molecule has 0 aromatic rings. The van der Waals surface area contributed by atoms with Crippen molar-refractivity contribution in [3.63, 3.8) is 0 Å². The molecule has 5 aliphatic carbocycles. The lowest BCUT2D eigenvalue weighted by atomic mass is 9.32. The molecule has 0 nitrogen and oxygen atoms in total. The van der Waals surface area contributed by atoms with Gasteiger partial charge in [-0.2, -0.15) is 0 Å². The normalized spacial score (nSPS) is 57.9. The lowest BCUT2D eigenvalue weighted by Crippen LogP contribution is -2.65. The molecule has 0 radical (unpaired) electrons. The summed E-state index contributed by atoms with van der Waals surface area (Å²) >= 11 is 0. The van der Waals surface area contributed by atoms with E-state index in [1.165, 1.54) is 69.8 Å². The van der Waals surface area contributed by atoms with E-state index in [0.717, 1.165) is 35.5 Å². The van der Waals surface area contributed by atoms with Gasteiger partial charge in [-0.25, -0.2) is 0 Å². The van der Waals surface area contributed by atoms with Crippen LogP contribution in [0.1, 0.15) is 120 Å². The largest absolute Gasteiger partial charge is 0.0998 e. The van der Waals surface area contributed by atoms with Crippen molar-refractivity contribution in [3.8, 4) is 0 Å². The first-order chi connectivity index (χ1) is 14.3. The van der Waals surface area contributed by atoms with Crippen molar-refractivity contribution in [2.45, 2.75) is 120 Å². The number of allylic oxidation sites excluding steroid dienone is 1. The molecule has 4 unspecified atom stereocenters. The van der Waals surface area contributed by atoms with Crippen LogP contribution in [0.5, 0.6) is 0 Å². The van der Waals surface area contributed by atoms with Crippen LogP contribution < -0.4 is 0 Å². The van der Waals surface area contributed by atoms with Gasteiger partial charge in [0.25, 0.3) is 0 Å². The monoisotopic (exact) mass is 424 g/mol. The molecule has 176 valence electrons. The molecule has 5 aliphatic rings. The molecular formula is C31H52. The molecule has 10 atom stereocenters. The van der Waals surface area contributed by atoms with Crippen molar-refractivity contribution in [2.75, 3.05) is 0 Å². The summed E-state index contributed by atoms with van der Waals surface area (Å²) in [6.45, 7) is 25.6. The Morgan fingerprint density at radius 1 is 0.710 bits per heavy atom. The maximum absolute atomic E-state index is 4.51. The minimum atomic E-state index is 0.508. The second kappa shape index (κ2) is 6.66. The first-order valence-corrected chi connectivity index (χ1v) is 14.0. The molecule has 0 spiro atoms. The zero-order valence-corrected chi connectivity index (χ0v) is 22.2. The predicted molar refractivity (Wildman–Crippen MR) is 134 cm³/mol. The molecule has 0 N–H and O–H groups in total. The van der Waals surface area contributed by atoms with Crippen LogP contribution in [0.25, 0.3) is 0 Å². The molecule has 0 bridgehead atoms. The van der Waals surface area contributed by atoms with Gasteiger partial charge >= 0.3 is 0 Å². The van der Waals surface area contributed by atoms with E-state index in [1.54, 1.807) is 0 Å². The lowest BCUT2D eigenvalue weighted by molar-refractivity contribution is -0.240. The fourth-order valence-electron chi connectivity index (χ4n) is 11.7. The highest BCUT2D eigenvalue weighted by atomic mass is 14.7. The summed E-state index contributed by atoms with van der Waals surface area (Å²) in [5, 5.41) is 0. The summed E-state index contributed by atoms with van der Waals surface area (Å²) in [7, 11) is 0. The van der Waals surface area contributed by atoms with E-state index in [1.807, 2.05) is 0 Å². The predicted octanol–water partition coefficient (Wildman–Crippen LogP) is 9.30. The van der Waals surface area contributed by atoms with Gasteiger partial charge in [-0.15, -0.1) is 0 Å². The zero-order valence-electron chi connectivity index (χ0n) is 22.2. The highest BCUT2D eigenvalue weighted by molar-refractivity contribution is 5.20. The van der Waals surface area contributed by atoms with Crippen LogP contribution in [0.2, 0.25) is 0 Å². The molecule has 0 aromatic carbocycles. The number of hydrogen-bond acceptors (Lipinski definition) is 0. The van der Waals surface area contributed by atoms with E-state index >= 15 is 0 Å². The average molecular weight is 425 g/mol. The van der Waals surface area contributed by atoms with Gasteiger partial charge in [-0.1, -0.05) is 60.6 Å². The molecule has 5 saturated carbocycles. The van der Waals surface area contributed by atoms with E-state index in [-0.39, 0.29) is 0 Å². The summed E-state index contributed by atoms with van der Waals surface area (Å²) in [6, 6.07) is 0. The number of fused-ring (bicyclic) bond motifs is 7. The van der Waals surface area contributed by atoms with Gasteiger partial charge in [0.2, 0.25) is 0 Å². The van der Waals surface area contributed by atoms with Crippen LogP contribution in [0.4, 0.5) is 0 Å². The molecule has 5 fully saturated rings. The summed E-state index contributed by atoms with van der Waals surface area (Å²) in [4.78, 5) is 0. The quantitative estimate of drug-likeness (QED) is 0.368. The van der Waals surface area contributed by atoms with Crippen LogP contribution in [-0.4, -0.2) is 0 Å². The van der Waals surface area contributed by atoms with Gasteiger partial charge in [-0.05, 0) is 134 Å². The molecule has 0 heteroatoms. The molecule has 0 aromatic heterocycles. The molecule has 0 heterocycles. The average Bonchev–Trinajstić information content (AvgIpc) is 3.04. The highest BCUT2D eigenvalue weighted by Crippen LogP contribution is 2.77. The van der Waals surface area contributed by atoms with Gasteiger partial charge in [0.15, 0.2) is 0 Å². The Kier molecular flexibility index (Phi) is 4.84. The Morgan fingerprint density at radius 2 is 1.42 bits per heavy atom. The SMILES string of the molecule is C=C(C)[C@@H]1CC[C@]2(C)CC[C@]3(C)C(CCC4[C@@]5(C)CC[C@H](C)C(C)(C)C5CC[C@]43C)C12. The smallest absolute Gasteiger partial charge is 0.0172 e. The van der Waals surface area contributed by atoms with E-state index in [0.29, 0.717) is 27.1 Å². The van der Waals surface area contributed by atoms with Gasteiger partial charge in [0.05, 0.1) is 0 Å². The first kappa shape index (κ1) is 22.5. The van der Waals surface area contributed by atoms with Crippen molar-refractivity contribution < 1.29 is 0 Å². The van der Waals surface area contributed by atoms with Crippen LogP contribution in [0.15, 0.2) is 12.2 Å². The van der Waals surface area contributed by atoms with Crippen molar-refractivity contribution >= 4 is 0 Å². The van der Waals surface area contributed by atoms with Crippen molar-refractivity contribution in [3.05, 3.63) is 12.2 Å².